The van der Waals surface area contributed by atoms with E-state index in [1.54, 1.807) is 0 Å². The predicted molar refractivity (Wildman–Crippen MR) is 65.9 cm³/mol. The normalized spacial score (nSPS) is 10.6. The van der Waals surface area contributed by atoms with E-state index in [0.717, 1.165) is 12.6 Å². The molecule has 1 N–H and O–H groups in total. The van der Waals surface area contributed by atoms with Crippen LogP contribution in [0, 0.1) is 15.9 Å². The standard InChI is InChI=1S/C12H12FN3O3/c1-2-14-6-8-7-19-12(15-8)10-4-3-9(16(17)18)5-11(10)13/h3-5,7,14H,2,6H2,1H3. The third kappa shape index (κ3) is 2.94. The van der Waals surface area contributed by atoms with Gasteiger partial charge >= 0.3 is 0 Å². The smallest absolute Gasteiger partial charge is 0.272 e. The molecule has 0 saturated heterocycles. The number of hydrogen-bond acceptors (Lipinski definition) is 5. The van der Waals surface area contributed by atoms with Crippen LogP contribution in [0.4, 0.5) is 10.1 Å². The Morgan fingerprint density at radius 2 is 2.32 bits per heavy atom. The van der Waals surface area contributed by atoms with Crippen molar-refractivity contribution in [3.05, 3.63) is 46.1 Å². The van der Waals surface area contributed by atoms with Crippen LogP contribution in [-0.2, 0) is 6.54 Å². The van der Waals surface area contributed by atoms with E-state index in [9.17, 15) is 14.5 Å². The molecular weight excluding hydrogens is 253 g/mol. The monoisotopic (exact) mass is 265 g/mol. The fraction of sp³-hybridized carbons (Fsp3) is 0.250. The summed E-state index contributed by atoms with van der Waals surface area (Å²) in [7, 11) is 0. The highest BCUT2D eigenvalue weighted by Crippen LogP contribution is 2.25. The number of aromatic nitrogens is 1. The Hall–Kier alpha value is -2.28. The summed E-state index contributed by atoms with van der Waals surface area (Å²) in [4.78, 5) is 14.0. The Balaban J connectivity index is 2.26. The molecule has 0 amide bonds. The summed E-state index contributed by atoms with van der Waals surface area (Å²) >= 11 is 0. The number of benzene rings is 1. The Morgan fingerprint density at radius 3 is 2.95 bits per heavy atom. The largest absolute Gasteiger partial charge is 0.444 e. The molecule has 6 nitrogen and oxygen atoms in total. The molecule has 19 heavy (non-hydrogen) atoms. The lowest BCUT2D eigenvalue weighted by atomic mass is 10.2. The molecule has 0 unspecified atom stereocenters. The molecule has 0 aliphatic rings. The van der Waals surface area contributed by atoms with Crippen molar-refractivity contribution in [1.29, 1.82) is 0 Å². The topological polar surface area (TPSA) is 81.2 Å². The first-order valence-corrected chi connectivity index (χ1v) is 5.71. The summed E-state index contributed by atoms with van der Waals surface area (Å²) in [5.41, 5.74) is 0.448. The molecule has 100 valence electrons. The van der Waals surface area contributed by atoms with E-state index in [2.05, 4.69) is 10.3 Å². The highest BCUT2D eigenvalue weighted by Gasteiger charge is 2.15. The number of halogens is 1. The number of nitrogens with zero attached hydrogens (tertiary/aromatic N) is 2. The number of rotatable bonds is 5. The molecule has 0 bridgehead atoms. The van der Waals surface area contributed by atoms with Gasteiger partial charge in [-0.3, -0.25) is 10.1 Å². The summed E-state index contributed by atoms with van der Waals surface area (Å²) in [5, 5.41) is 13.6. The van der Waals surface area contributed by atoms with Gasteiger partial charge in [-0.05, 0) is 12.6 Å². The summed E-state index contributed by atoms with van der Waals surface area (Å²) in [5.74, 6) is -0.619. The molecule has 0 spiro atoms. The van der Waals surface area contributed by atoms with Gasteiger partial charge in [0.2, 0.25) is 5.89 Å². The molecule has 1 aromatic carbocycles. The van der Waals surface area contributed by atoms with Crippen molar-refractivity contribution in [2.24, 2.45) is 0 Å². The lowest BCUT2D eigenvalue weighted by Crippen LogP contribution is -2.11. The second-order valence-electron chi connectivity index (χ2n) is 3.85. The molecule has 1 heterocycles. The molecule has 1 aromatic heterocycles. The summed E-state index contributed by atoms with van der Waals surface area (Å²) in [6.45, 7) is 3.26. The van der Waals surface area contributed by atoms with Gasteiger partial charge in [0.15, 0.2) is 0 Å². The van der Waals surface area contributed by atoms with Crippen molar-refractivity contribution in [3.8, 4) is 11.5 Å². The molecular formula is C12H12FN3O3. The van der Waals surface area contributed by atoms with E-state index in [0.29, 0.717) is 12.2 Å². The number of nitro benzene ring substituents is 1. The Kier molecular flexibility index (Phi) is 3.86. The maximum absolute atomic E-state index is 13.7. The predicted octanol–water partition coefficient (Wildman–Crippen LogP) is 2.50. The van der Waals surface area contributed by atoms with Gasteiger partial charge in [-0.15, -0.1) is 0 Å². The van der Waals surface area contributed by atoms with Crippen LogP contribution in [0.1, 0.15) is 12.6 Å². The van der Waals surface area contributed by atoms with E-state index in [1.807, 2.05) is 6.92 Å². The molecule has 0 atom stereocenters. The van der Waals surface area contributed by atoms with Crippen molar-refractivity contribution >= 4 is 5.69 Å². The van der Waals surface area contributed by atoms with Crippen molar-refractivity contribution in [2.75, 3.05) is 6.54 Å². The van der Waals surface area contributed by atoms with Crippen LogP contribution in [0.15, 0.2) is 28.9 Å². The average Bonchev–Trinajstić information content (AvgIpc) is 2.84. The Labute approximate surface area is 108 Å². The van der Waals surface area contributed by atoms with E-state index >= 15 is 0 Å². The number of nitro groups is 1. The van der Waals surface area contributed by atoms with E-state index in [1.165, 1.54) is 18.4 Å². The first-order valence-electron chi connectivity index (χ1n) is 5.71. The van der Waals surface area contributed by atoms with Gasteiger partial charge < -0.3 is 9.73 Å². The lowest BCUT2D eigenvalue weighted by Gasteiger charge is -1.98. The van der Waals surface area contributed by atoms with Gasteiger partial charge in [-0.25, -0.2) is 9.37 Å². The summed E-state index contributed by atoms with van der Waals surface area (Å²) in [6.07, 6.45) is 1.43. The van der Waals surface area contributed by atoms with Crippen LogP contribution in [0.5, 0.6) is 0 Å². The minimum atomic E-state index is -0.731. The molecule has 0 aliphatic heterocycles. The van der Waals surface area contributed by atoms with E-state index in [-0.39, 0.29) is 17.1 Å². The average molecular weight is 265 g/mol. The number of oxazole rings is 1. The van der Waals surface area contributed by atoms with Crippen LogP contribution in [-0.4, -0.2) is 16.5 Å². The zero-order valence-electron chi connectivity index (χ0n) is 10.2. The van der Waals surface area contributed by atoms with Gasteiger partial charge in [0.1, 0.15) is 12.1 Å². The fourth-order valence-electron chi connectivity index (χ4n) is 1.56. The van der Waals surface area contributed by atoms with Crippen LogP contribution in [0.2, 0.25) is 0 Å². The number of non-ortho nitro benzene ring substituents is 1. The minimum absolute atomic E-state index is 0.105. The second-order valence-corrected chi connectivity index (χ2v) is 3.85. The first-order chi connectivity index (χ1) is 9.11. The van der Waals surface area contributed by atoms with E-state index < -0.39 is 10.7 Å². The molecule has 0 fully saturated rings. The van der Waals surface area contributed by atoms with Gasteiger partial charge in [0.05, 0.1) is 22.2 Å². The van der Waals surface area contributed by atoms with Gasteiger partial charge in [0, 0.05) is 12.6 Å². The maximum atomic E-state index is 13.7. The quantitative estimate of drug-likeness (QED) is 0.663. The highest BCUT2D eigenvalue weighted by molar-refractivity contribution is 5.57. The van der Waals surface area contributed by atoms with Crippen molar-refractivity contribution in [2.45, 2.75) is 13.5 Å². The number of hydrogen-bond donors (Lipinski definition) is 1. The lowest BCUT2D eigenvalue weighted by molar-refractivity contribution is -0.385. The number of nitrogens with one attached hydrogen (secondary N) is 1. The van der Waals surface area contributed by atoms with Gasteiger partial charge in [-0.1, -0.05) is 6.92 Å². The van der Waals surface area contributed by atoms with Gasteiger partial charge in [-0.2, -0.15) is 0 Å². The van der Waals surface area contributed by atoms with Crippen molar-refractivity contribution in [1.82, 2.24) is 10.3 Å². The Morgan fingerprint density at radius 1 is 1.53 bits per heavy atom. The molecule has 0 saturated carbocycles. The third-order valence-corrected chi connectivity index (χ3v) is 2.50. The van der Waals surface area contributed by atoms with Crippen LogP contribution in [0.3, 0.4) is 0 Å². The third-order valence-electron chi connectivity index (χ3n) is 2.50. The minimum Gasteiger partial charge on any atom is -0.444 e. The van der Waals surface area contributed by atoms with Crippen molar-refractivity contribution in [3.63, 3.8) is 0 Å². The zero-order valence-corrected chi connectivity index (χ0v) is 10.2. The molecule has 7 heteroatoms. The Bertz CT molecular complexity index is 598. The summed E-state index contributed by atoms with van der Waals surface area (Å²) in [6, 6.07) is 3.35. The SMILES string of the molecule is CCNCc1coc(-c2ccc([N+](=O)[O-])cc2F)n1. The first kappa shape index (κ1) is 13.2. The fourth-order valence-corrected chi connectivity index (χ4v) is 1.56. The van der Waals surface area contributed by atoms with E-state index in [4.69, 9.17) is 4.42 Å². The zero-order chi connectivity index (χ0) is 13.8. The van der Waals surface area contributed by atoms with Crippen LogP contribution < -0.4 is 5.32 Å². The van der Waals surface area contributed by atoms with Crippen molar-refractivity contribution < 1.29 is 13.7 Å². The van der Waals surface area contributed by atoms with Crippen LogP contribution in [0.25, 0.3) is 11.5 Å². The molecule has 2 rings (SSSR count). The van der Waals surface area contributed by atoms with Crippen LogP contribution >= 0.6 is 0 Å². The summed E-state index contributed by atoms with van der Waals surface area (Å²) < 4.78 is 18.9. The second kappa shape index (κ2) is 5.57. The van der Waals surface area contributed by atoms with Gasteiger partial charge in [0.25, 0.3) is 5.69 Å². The molecule has 0 aliphatic carbocycles. The maximum Gasteiger partial charge on any atom is 0.272 e. The molecule has 2 aromatic rings. The molecule has 0 radical (unpaired) electrons. The highest BCUT2D eigenvalue weighted by atomic mass is 19.1.